The van der Waals surface area contributed by atoms with Crippen LogP contribution in [0.3, 0.4) is 0 Å². The smallest absolute Gasteiger partial charge is 0.191 e. The maximum Gasteiger partial charge on any atom is 0.191 e. The van der Waals surface area contributed by atoms with E-state index in [1.54, 1.807) is 7.05 Å². The van der Waals surface area contributed by atoms with Gasteiger partial charge in [0.05, 0.1) is 13.2 Å². The molecule has 0 atom stereocenters. The van der Waals surface area contributed by atoms with Crippen molar-refractivity contribution in [3.63, 3.8) is 0 Å². The summed E-state index contributed by atoms with van der Waals surface area (Å²) in [5.74, 6) is 1.46. The van der Waals surface area contributed by atoms with Crippen molar-refractivity contribution in [2.45, 2.75) is 26.9 Å². The number of halogens is 1. The third kappa shape index (κ3) is 7.81. The molecule has 0 saturated carbocycles. The molecule has 0 spiro atoms. The second-order valence-electron chi connectivity index (χ2n) is 6.41. The Morgan fingerprint density at radius 3 is 2.33 bits per heavy atom. The van der Waals surface area contributed by atoms with Gasteiger partial charge >= 0.3 is 0 Å². The molecular formula is C18H31IN4O. The first kappa shape index (κ1) is 21.2. The maximum absolute atomic E-state index is 5.39. The van der Waals surface area contributed by atoms with E-state index in [-0.39, 0.29) is 24.0 Å². The van der Waals surface area contributed by atoms with Crippen molar-refractivity contribution in [2.24, 2.45) is 10.9 Å². The highest BCUT2D eigenvalue weighted by atomic mass is 127. The number of morpholine rings is 1. The normalized spacial score (nSPS) is 15.9. The van der Waals surface area contributed by atoms with Gasteiger partial charge in [0.15, 0.2) is 5.96 Å². The second-order valence-corrected chi connectivity index (χ2v) is 6.41. The number of aliphatic imine (C=N–C) groups is 1. The molecule has 0 amide bonds. The van der Waals surface area contributed by atoms with E-state index in [4.69, 9.17) is 4.74 Å². The summed E-state index contributed by atoms with van der Waals surface area (Å²) in [7, 11) is 1.81. The predicted molar refractivity (Wildman–Crippen MR) is 111 cm³/mol. The van der Waals surface area contributed by atoms with Crippen molar-refractivity contribution in [1.29, 1.82) is 0 Å². The Morgan fingerprint density at radius 1 is 1.12 bits per heavy atom. The quantitative estimate of drug-likeness (QED) is 0.401. The number of benzene rings is 1. The number of nitrogens with zero attached hydrogens (tertiary/aromatic N) is 2. The minimum Gasteiger partial charge on any atom is -0.379 e. The summed E-state index contributed by atoms with van der Waals surface area (Å²) in [6, 6.07) is 8.82. The van der Waals surface area contributed by atoms with Gasteiger partial charge in [-0.25, -0.2) is 0 Å². The Hall–Kier alpha value is -0.860. The minimum absolute atomic E-state index is 0. The number of hydrogen-bond acceptors (Lipinski definition) is 3. The summed E-state index contributed by atoms with van der Waals surface area (Å²) in [6.45, 7) is 10.9. The average molecular weight is 446 g/mol. The van der Waals surface area contributed by atoms with Crippen molar-refractivity contribution in [1.82, 2.24) is 15.5 Å². The van der Waals surface area contributed by atoms with Crippen LogP contribution in [0, 0.1) is 5.92 Å². The van der Waals surface area contributed by atoms with E-state index in [9.17, 15) is 0 Å². The van der Waals surface area contributed by atoms with Gasteiger partial charge in [-0.05, 0) is 17.0 Å². The largest absolute Gasteiger partial charge is 0.379 e. The van der Waals surface area contributed by atoms with Crippen molar-refractivity contribution in [2.75, 3.05) is 39.9 Å². The third-order valence-electron chi connectivity index (χ3n) is 3.89. The first-order valence-electron chi connectivity index (χ1n) is 8.50. The highest BCUT2D eigenvalue weighted by Gasteiger charge is 2.10. The molecule has 1 aromatic rings. The molecule has 1 heterocycles. The molecule has 0 unspecified atom stereocenters. The third-order valence-corrected chi connectivity index (χ3v) is 3.89. The number of ether oxygens (including phenoxy) is 1. The highest BCUT2D eigenvalue weighted by Crippen LogP contribution is 2.09. The Morgan fingerprint density at radius 2 is 1.75 bits per heavy atom. The van der Waals surface area contributed by atoms with E-state index in [2.05, 4.69) is 58.6 Å². The zero-order valence-corrected chi connectivity index (χ0v) is 17.4. The van der Waals surface area contributed by atoms with Gasteiger partial charge in [0.1, 0.15) is 0 Å². The van der Waals surface area contributed by atoms with Crippen LogP contribution < -0.4 is 10.6 Å². The maximum atomic E-state index is 5.39. The molecule has 0 bridgehead atoms. The monoisotopic (exact) mass is 446 g/mol. The zero-order valence-electron chi connectivity index (χ0n) is 15.0. The fraction of sp³-hybridized carbons (Fsp3) is 0.611. The average Bonchev–Trinajstić information content (AvgIpc) is 2.57. The number of guanidine groups is 1. The van der Waals surface area contributed by atoms with Crippen LogP contribution in [0.5, 0.6) is 0 Å². The fourth-order valence-corrected chi connectivity index (χ4v) is 2.49. The van der Waals surface area contributed by atoms with Gasteiger partial charge in [-0.1, -0.05) is 38.1 Å². The lowest BCUT2D eigenvalue weighted by Crippen LogP contribution is -2.38. The molecule has 136 valence electrons. The summed E-state index contributed by atoms with van der Waals surface area (Å²) in [6.07, 6.45) is 0. The summed E-state index contributed by atoms with van der Waals surface area (Å²) in [4.78, 5) is 6.68. The molecule has 1 aliphatic rings. The van der Waals surface area contributed by atoms with Crippen molar-refractivity contribution < 1.29 is 4.74 Å². The Balaban J connectivity index is 0.00000288. The molecule has 24 heavy (non-hydrogen) atoms. The summed E-state index contributed by atoms with van der Waals surface area (Å²) < 4.78 is 5.39. The van der Waals surface area contributed by atoms with E-state index in [1.165, 1.54) is 11.1 Å². The summed E-state index contributed by atoms with van der Waals surface area (Å²) in [5, 5.41) is 6.68. The Labute approximate surface area is 163 Å². The Kier molecular flexibility index (Phi) is 10.3. The van der Waals surface area contributed by atoms with Crippen LogP contribution in [-0.2, 0) is 17.8 Å². The molecule has 1 aliphatic heterocycles. The lowest BCUT2D eigenvalue weighted by Gasteiger charge is -2.26. The molecule has 1 saturated heterocycles. The fourth-order valence-electron chi connectivity index (χ4n) is 2.49. The molecule has 0 aromatic heterocycles. The molecule has 1 fully saturated rings. The van der Waals surface area contributed by atoms with E-state index in [1.807, 2.05) is 0 Å². The van der Waals surface area contributed by atoms with Gasteiger partial charge < -0.3 is 15.4 Å². The molecule has 1 aromatic carbocycles. The van der Waals surface area contributed by atoms with Gasteiger partial charge in [-0.2, -0.15) is 0 Å². The van der Waals surface area contributed by atoms with Crippen LogP contribution in [0.25, 0.3) is 0 Å². The lowest BCUT2D eigenvalue weighted by molar-refractivity contribution is 0.0342. The van der Waals surface area contributed by atoms with E-state index in [0.717, 1.165) is 51.9 Å². The predicted octanol–water partition coefficient (Wildman–Crippen LogP) is 2.46. The van der Waals surface area contributed by atoms with Gasteiger partial charge in [0.25, 0.3) is 0 Å². The molecule has 2 rings (SSSR count). The molecule has 0 radical (unpaired) electrons. The van der Waals surface area contributed by atoms with Crippen LogP contribution in [0.15, 0.2) is 29.3 Å². The first-order chi connectivity index (χ1) is 11.2. The SMILES string of the molecule is CN=C(NCc1ccc(CN2CCOCC2)cc1)NCC(C)C.I. The molecule has 5 nitrogen and oxygen atoms in total. The molecule has 2 N–H and O–H groups in total. The van der Waals surface area contributed by atoms with Gasteiger partial charge in [0, 0.05) is 39.8 Å². The van der Waals surface area contributed by atoms with Gasteiger partial charge in [-0.15, -0.1) is 24.0 Å². The highest BCUT2D eigenvalue weighted by molar-refractivity contribution is 14.0. The Bertz CT molecular complexity index is 484. The number of rotatable bonds is 6. The molecule has 0 aliphatic carbocycles. The minimum atomic E-state index is 0. The standard InChI is InChI=1S/C18H30N4O.HI/c1-15(2)12-20-18(19-3)21-13-16-4-6-17(7-5-16)14-22-8-10-23-11-9-22;/h4-7,15H,8-14H2,1-3H3,(H2,19,20,21);1H. The van der Waals surface area contributed by atoms with Crippen LogP contribution in [-0.4, -0.2) is 50.8 Å². The second kappa shape index (κ2) is 11.7. The number of hydrogen-bond donors (Lipinski definition) is 2. The summed E-state index contributed by atoms with van der Waals surface area (Å²) >= 11 is 0. The summed E-state index contributed by atoms with van der Waals surface area (Å²) in [5.41, 5.74) is 2.63. The van der Waals surface area contributed by atoms with E-state index < -0.39 is 0 Å². The zero-order chi connectivity index (χ0) is 16.5. The first-order valence-corrected chi connectivity index (χ1v) is 8.50. The molecule has 6 heteroatoms. The van der Waals surface area contributed by atoms with Gasteiger partial charge in [0.2, 0.25) is 0 Å². The van der Waals surface area contributed by atoms with Crippen LogP contribution in [0.1, 0.15) is 25.0 Å². The lowest BCUT2D eigenvalue weighted by atomic mass is 10.1. The van der Waals surface area contributed by atoms with Crippen LogP contribution >= 0.6 is 24.0 Å². The van der Waals surface area contributed by atoms with Crippen molar-refractivity contribution in [3.05, 3.63) is 35.4 Å². The van der Waals surface area contributed by atoms with Crippen LogP contribution in [0.4, 0.5) is 0 Å². The van der Waals surface area contributed by atoms with Gasteiger partial charge in [-0.3, -0.25) is 9.89 Å². The molecular weight excluding hydrogens is 415 g/mol. The van der Waals surface area contributed by atoms with Crippen molar-refractivity contribution >= 4 is 29.9 Å². The number of nitrogens with one attached hydrogen (secondary N) is 2. The van der Waals surface area contributed by atoms with E-state index >= 15 is 0 Å². The van der Waals surface area contributed by atoms with Crippen molar-refractivity contribution in [3.8, 4) is 0 Å². The van der Waals surface area contributed by atoms with E-state index in [0.29, 0.717) is 5.92 Å². The van der Waals surface area contributed by atoms with Crippen LogP contribution in [0.2, 0.25) is 0 Å². The topological polar surface area (TPSA) is 48.9 Å².